The van der Waals surface area contributed by atoms with Crippen LogP contribution in [0.5, 0.6) is 0 Å². The third-order valence-corrected chi connectivity index (χ3v) is 4.85. The van der Waals surface area contributed by atoms with Gasteiger partial charge in [-0.25, -0.2) is 9.97 Å². The number of thiophene rings is 1. The van der Waals surface area contributed by atoms with Crippen LogP contribution in [-0.4, -0.2) is 23.3 Å². The van der Waals surface area contributed by atoms with Crippen molar-refractivity contribution in [1.29, 1.82) is 0 Å². The highest BCUT2D eigenvalue weighted by atomic mass is 32.2. The van der Waals surface area contributed by atoms with Gasteiger partial charge in [-0.15, -0.1) is 11.3 Å². The van der Waals surface area contributed by atoms with Gasteiger partial charge >= 0.3 is 0 Å². The second kappa shape index (κ2) is 4.46. The Bertz CT molecular complexity index is 562. The summed E-state index contributed by atoms with van der Waals surface area (Å²) < 4.78 is 0. The normalized spacial score (nSPS) is 14.2. The Balaban J connectivity index is 2.22. The lowest BCUT2D eigenvalue weighted by molar-refractivity contribution is 0.916. The molecule has 90 valence electrons. The van der Waals surface area contributed by atoms with E-state index in [9.17, 15) is 0 Å². The molecular weight excluding hydrogens is 250 g/mol. The molecule has 0 saturated heterocycles. The average molecular weight is 265 g/mol. The van der Waals surface area contributed by atoms with Crippen molar-refractivity contribution in [1.82, 2.24) is 9.97 Å². The lowest BCUT2D eigenvalue weighted by Gasteiger charge is -2.05. The number of rotatable bonds is 3. The highest BCUT2D eigenvalue weighted by Gasteiger charge is 2.21. The summed E-state index contributed by atoms with van der Waals surface area (Å²) in [5.74, 6) is 2.83. The number of aromatic nitrogens is 2. The molecule has 0 bridgehead atoms. The molecule has 0 aromatic carbocycles. The van der Waals surface area contributed by atoms with Crippen molar-refractivity contribution in [3.8, 4) is 0 Å². The number of nitrogens with zero attached hydrogens (tertiary/aromatic N) is 2. The molecule has 0 atom stereocenters. The van der Waals surface area contributed by atoms with Gasteiger partial charge < -0.3 is 5.32 Å². The van der Waals surface area contributed by atoms with Crippen molar-refractivity contribution < 1.29 is 0 Å². The number of anilines is 1. The van der Waals surface area contributed by atoms with Crippen LogP contribution in [0, 0.1) is 0 Å². The standard InChI is InChI=1S/C12H15N3S2/c1-13-11-10-7-4-3-5-8(7)17-12(10)15-9(14-11)6-16-2/h3-6H2,1-2H3,(H,13,14,15). The van der Waals surface area contributed by atoms with Crippen LogP contribution >= 0.6 is 23.1 Å². The molecule has 0 unspecified atom stereocenters. The van der Waals surface area contributed by atoms with Crippen LogP contribution in [0.25, 0.3) is 10.2 Å². The van der Waals surface area contributed by atoms with Gasteiger partial charge in [-0.1, -0.05) is 0 Å². The first-order valence-electron chi connectivity index (χ1n) is 5.81. The maximum Gasteiger partial charge on any atom is 0.142 e. The molecule has 0 spiro atoms. The summed E-state index contributed by atoms with van der Waals surface area (Å²) in [5, 5.41) is 4.50. The summed E-state index contributed by atoms with van der Waals surface area (Å²) in [5.41, 5.74) is 1.49. The van der Waals surface area contributed by atoms with Crippen molar-refractivity contribution in [2.75, 3.05) is 18.6 Å². The Morgan fingerprint density at radius 2 is 2.24 bits per heavy atom. The minimum absolute atomic E-state index is 0.882. The van der Waals surface area contributed by atoms with Crippen LogP contribution in [0.2, 0.25) is 0 Å². The minimum Gasteiger partial charge on any atom is -0.372 e. The molecule has 1 N–H and O–H groups in total. The van der Waals surface area contributed by atoms with Crippen molar-refractivity contribution >= 4 is 39.1 Å². The number of hydrogen-bond donors (Lipinski definition) is 1. The van der Waals surface area contributed by atoms with E-state index < -0.39 is 0 Å². The number of aryl methyl sites for hydroxylation is 2. The van der Waals surface area contributed by atoms with Crippen molar-refractivity contribution in [3.63, 3.8) is 0 Å². The van der Waals surface area contributed by atoms with E-state index in [1.165, 1.54) is 35.1 Å². The third kappa shape index (κ3) is 1.81. The first-order valence-corrected chi connectivity index (χ1v) is 8.02. The molecule has 3 rings (SSSR count). The van der Waals surface area contributed by atoms with E-state index in [0.29, 0.717) is 0 Å². The highest BCUT2D eigenvalue weighted by Crippen LogP contribution is 2.39. The molecule has 5 heteroatoms. The van der Waals surface area contributed by atoms with E-state index >= 15 is 0 Å². The zero-order valence-corrected chi connectivity index (χ0v) is 11.7. The van der Waals surface area contributed by atoms with Gasteiger partial charge in [-0.3, -0.25) is 0 Å². The molecule has 2 heterocycles. The maximum atomic E-state index is 4.68. The summed E-state index contributed by atoms with van der Waals surface area (Å²) in [6.07, 6.45) is 5.78. The van der Waals surface area contributed by atoms with Crippen LogP contribution in [0.1, 0.15) is 22.7 Å². The summed E-state index contributed by atoms with van der Waals surface area (Å²) in [7, 11) is 1.95. The van der Waals surface area contributed by atoms with Crippen molar-refractivity contribution in [2.45, 2.75) is 25.0 Å². The highest BCUT2D eigenvalue weighted by molar-refractivity contribution is 7.97. The quantitative estimate of drug-likeness (QED) is 0.925. The van der Waals surface area contributed by atoms with Gasteiger partial charge in [0.1, 0.15) is 16.5 Å². The fourth-order valence-corrected chi connectivity index (χ4v) is 4.08. The van der Waals surface area contributed by atoms with Crippen LogP contribution < -0.4 is 5.32 Å². The summed E-state index contributed by atoms with van der Waals surface area (Å²) >= 11 is 3.62. The topological polar surface area (TPSA) is 37.8 Å². The zero-order chi connectivity index (χ0) is 11.8. The lowest BCUT2D eigenvalue weighted by Crippen LogP contribution is -2.00. The smallest absolute Gasteiger partial charge is 0.142 e. The molecule has 2 aromatic heterocycles. The molecule has 1 aliphatic carbocycles. The molecule has 0 amide bonds. The van der Waals surface area contributed by atoms with E-state index in [2.05, 4.69) is 21.5 Å². The second-order valence-electron chi connectivity index (χ2n) is 4.21. The monoisotopic (exact) mass is 265 g/mol. The van der Waals surface area contributed by atoms with Crippen LogP contribution in [0.4, 0.5) is 5.82 Å². The van der Waals surface area contributed by atoms with E-state index in [0.717, 1.165) is 22.2 Å². The second-order valence-corrected chi connectivity index (χ2v) is 6.16. The predicted molar refractivity (Wildman–Crippen MR) is 76.2 cm³/mol. The molecule has 0 radical (unpaired) electrons. The summed E-state index contributed by atoms with van der Waals surface area (Å²) in [4.78, 5) is 12.0. The van der Waals surface area contributed by atoms with Gasteiger partial charge in [0.05, 0.1) is 11.1 Å². The largest absolute Gasteiger partial charge is 0.372 e. The first kappa shape index (κ1) is 11.3. The van der Waals surface area contributed by atoms with Gasteiger partial charge in [-0.05, 0) is 31.1 Å². The van der Waals surface area contributed by atoms with E-state index in [1.807, 2.05) is 18.4 Å². The third-order valence-electron chi connectivity index (χ3n) is 3.12. The first-order chi connectivity index (χ1) is 8.33. The van der Waals surface area contributed by atoms with Crippen LogP contribution in [0.15, 0.2) is 0 Å². The van der Waals surface area contributed by atoms with E-state index in [4.69, 9.17) is 0 Å². The van der Waals surface area contributed by atoms with Gasteiger partial charge in [0.25, 0.3) is 0 Å². The summed E-state index contributed by atoms with van der Waals surface area (Å²) in [6, 6.07) is 0. The minimum atomic E-state index is 0.882. The van der Waals surface area contributed by atoms with Gasteiger partial charge in [0, 0.05) is 11.9 Å². The molecule has 0 saturated carbocycles. The Morgan fingerprint density at radius 3 is 3.00 bits per heavy atom. The van der Waals surface area contributed by atoms with E-state index in [1.54, 1.807) is 11.8 Å². The number of fused-ring (bicyclic) bond motifs is 3. The van der Waals surface area contributed by atoms with E-state index in [-0.39, 0.29) is 0 Å². The number of nitrogens with one attached hydrogen (secondary N) is 1. The fourth-order valence-electron chi connectivity index (χ4n) is 2.41. The molecule has 1 aliphatic rings. The molecule has 2 aromatic rings. The van der Waals surface area contributed by atoms with Gasteiger partial charge in [0.15, 0.2) is 0 Å². The average Bonchev–Trinajstić information content (AvgIpc) is 2.88. The SMILES string of the molecule is CNc1nc(CSC)nc2sc3c(c12)CCC3. The van der Waals surface area contributed by atoms with Crippen molar-refractivity contribution in [2.24, 2.45) is 0 Å². The van der Waals surface area contributed by atoms with Gasteiger partial charge in [-0.2, -0.15) is 11.8 Å². The lowest BCUT2D eigenvalue weighted by atomic mass is 10.2. The van der Waals surface area contributed by atoms with Crippen LogP contribution in [-0.2, 0) is 18.6 Å². The maximum absolute atomic E-state index is 4.68. The zero-order valence-electron chi connectivity index (χ0n) is 10.0. The predicted octanol–water partition coefficient (Wildman–Crippen LogP) is 3.08. The Kier molecular flexibility index (Phi) is 2.96. The molecular formula is C12H15N3S2. The Labute approximate surface area is 109 Å². The molecule has 3 nitrogen and oxygen atoms in total. The molecule has 17 heavy (non-hydrogen) atoms. The number of thioether (sulfide) groups is 1. The molecule has 0 fully saturated rings. The van der Waals surface area contributed by atoms with Gasteiger partial charge in [0.2, 0.25) is 0 Å². The molecule has 0 aliphatic heterocycles. The summed E-state index contributed by atoms with van der Waals surface area (Å²) in [6.45, 7) is 0. The van der Waals surface area contributed by atoms with Crippen LogP contribution in [0.3, 0.4) is 0 Å². The Morgan fingerprint density at radius 1 is 1.35 bits per heavy atom. The Hall–Kier alpha value is -0.810. The van der Waals surface area contributed by atoms with Crippen molar-refractivity contribution in [3.05, 3.63) is 16.3 Å². The number of hydrogen-bond acceptors (Lipinski definition) is 5. The fraction of sp³-hybridized carbons (Fsp3) is 0.500.